The molecule has 2 N–H and O–H groups in total. The van der Waals surface area contributed by atoms with Crippen LogP contribution in [0.15, 0.2) is 52.9 Å². The molecule has 1 aromatic carbocycles. The SMILES string of the molecule is O=S(=O)(O)c1ccccc1Nc1nc(-c2ccnc(Cl)c2)cs1. The molecular weight excluding hydrogens is 358 g/mol. The molecule has 0 radical (unpaired) electrons. The van der Waals surface area contributed by atoms with Crippen molar-refractivity contribution in [3.8, 4) is 11.3 Å². The zero-order chi connectivity index (χ0) is 16.4. The van der Waals surface area contributed by atoms with Crippen molar-refractivity contribution in [2.45, 2.75) is 4.90 Å². The molecule has 0 saturated carbocycles. The van der Waals surface area contributed by atoms with Gasteiger partial charge in [0, 0.05) is 17.1 Å². The van der Waals surface area contributed by atoms with Crippen LogP contribution in [0.25, 0.3) is 11.3 Å². The number of hydrogen-bond acceptors (Lipinski definition) is 6. The number of para-hydroxylation sites is 1. The Bertz CT molecular complexity index is 957. The Balaban J connectivity index is 1.92. The summed E-state index contributed by atoms with van der Waals surface area (Å²) in [6.07, 6.45) is 1.58. The van der Waals surface area contributed by atoms with Gasteiger partial charge in [0.05, 0.1) is 11.4 Å². The fraction of sp³-hybridized carbons (Fsp3) is 0. The minimum absolute atomic E-state index is 0.205. The van der Waals surface area contributed by atoms with E-state index in [1.54, 1.807) is 30.5 Å². The third kappa shape index (κ3) is 3.67. The Hall–Kier alpha value is -2.00. The van der Waals surface area contributed by atoms with Crippen LogP contribution in [0, 0.1) is 0 Å². The molecule has 0 atom stereocenters. The van der Waals surface area contributed by atoms with Crippen molar-refractivity contribution < 1.29 is 13.0 Å². The highest BCUT2D eigenvalue weighted by Crippen LogP contribution is 2.30. The van der Waals surface area contributed by atoms with Gasteiger partial charge in [-0.15, -0.1) is 11.3 Å². The lowest BCUT2D eigenvalue weighted by atomic mass is 10.2. The Labute approximate surface area is 141 Å². The molecule has 0 unspecified atom stereocenters. The van der Waals surface area contributed by atoms with Crippen molar-refractivity contribution in [3.63, 3.8) is 0 Å². The molecule has 3 rings (SSSR count). The molecule has 2 aromatic heterocycles. The Kier molecular flexibility index (Phi) is 4.31. The fourth-order valence-electron chi connectivity index (χ4n) is 1.94. The maximum atomic E-state index is 11.4. The second-order valence-electron chi connectivity index (χ2n) is 4.50. The van der Waals surface area contributed by atoms with Crippen LogP contribution in [-0.4, -0.2) is 22.9 Å². The Morgan fingerprint density at radius 2 is 2.00 bits per heavy atom. The number of hydrogen-bond donors (Lipinski definition) is 2. The van der Waals surface area contributed by atoms with Gasteiger partial charge in [0.25, 0.3) is 10.1 Å². The number of pyridine rings is 1. The quantitative estimate of drug-likeness (QED) is 0.537. The van der Waals surface area contributed by atoms with Crippen LogP contribution in [-0.2, 0) is 10.1 Å². The molecule has 3 aromatic rings. The van der Waals surface area contributed by atoms with Crippen molar-refractivity contribution >= 4 is 43.9 Å². The lowest BCUT2D eigenvalue weighted by molar-refractivity contribution is 0.483. The molecule has 0 bridgehead atoms. The standard InChI is InChI=1S/C14H10ClN3O3S2/c15-13-7-9(5-6-16-13)11-8-22-14(18-11)17-10-3-1-2-4-12(10)23(19,20)21/h1-8H,(H,17,18)(H,19,20,21). The monoisotopic (exact) mass is 367 g/mol. The van der Waals surface area contributed by atoms with E-state index in [1.807, 2.05) is 5.38 Å². The molecule has 0 aliphatic heterocycles. The van der Waals surface area contributed by atoms with Crippen molar-refractivity contribution in [2.75, 3.05) is 5.32 Å². The molecule has 0 aliphatic carbocycles. The van der Waals surface area contributed by atoms with Crippen LogP contribution in [0.4, 0.5) is 10.8 Å². The topological polar surface area (TPSA) is 92.2 Å². The third-order valence-electron chi connectivity index (χ3n) is 2.93. The molecular formula is C14H10ClN3O3S2. The zero-order valence-corrected chi connectivity index (χ0v) is 13.9. The average molecular weight is 368 g/mol. The van der Waals surface area contributed by atoms with Gasteiger partial charge in [-0.1, -0.05) is 23.7 Å². The van der Waals surface area contributed by atoms with Crippen molar-refractivity contribution in [3.05, 3.63) is 53.1 Å². The van der Waals surface area contributed by atoms with E-state index in [0.29, 0.717) is 16.0 Å². The number of aromatic nitrogens is 2. The predicted octanol–water partition coefficient (Wildman–Crippen LogP) is 3.85. The molecule has 0 saturated heterocycles. The molecule has 0 aliphatic rings. The summed E-state index contributed by atoms with van der Waals surface area (Å²) in [4.78, 5) is 8.09. The van der Waals surface area contributed by atoms with E-state index in [9.17, 15) is 13.0 Å². The lowest BCUT2D eigenvalue weighted by Crippen LogP contribution is -2.02. The number of anilines is 2. The van der Waals surface area contributed by atoms with E-state index in [1.165, 1.54) is 23.5 Å². The number of benzene rings is 1. The van der Waals surface area contributed by atoms with E-state index >= 15 is 0 Å². The molecule has 6 nitrogen and oxygen atoms in total. The van der Waals surface area contributed by atoms with E-state index in [2.05, 4.69) is 15.3 Å². The maximum Gasteiger partial charge on any atom is 0.296 e. The van der Waals surface area contributed by atoms with Gasteiger partial charge in [0.1, 0.15) is 10.0 Å². The van der Waals surface area contributed by atoms with Crippen molar-refractivity contribution in [1.29, 1.82) is 0 Å². The van der Waals surface area contributed by atoms with Gasteiger partial charge >= 0.3 is 0 Å². The van der Waals surface area contributed by atoms with E-state index in [0.717, 1.165) is 5.56 Å². The summed E-state index contributed by atoms with van der Waals surface area (Å²) in [6.45, 7) is 0. The van der Waals surface area contributed by atoms with Crippen LogP contribution in [0.1, 0.15) is 0 Å². The van der Waals surface area contributed by atoms with Crippen LogP contribution in [0.3, 0.4) is 0 Å². The summed E-state index contributed by atoms with van der Waals surface area (Å²) in [5.41, 5.74) is 1.74. The minimum atomic E-state index is -4.32. The summed E-state index contributed by atoms with van der Waals surface area (Å²) in [5, 5.41) is 5.57. The van der Waals surface area contributed by atoms with Gasteiger partial charge in [-0.3, -0.25) is 4.55 Å². The van der Waals surface area contributed by atoms with Crippen LogP contribution in [0.2, 0.25) is 5.15 Å². The zero-order valence-electron chi connectivity index (χ0n) is 11.5. The van der Waals surface area contributed by atoms with Crippen LogP contribution in [0.5, 0.6) is 0 Å². The molecule has 2 heterocycles. The number of halogens is 1. The van der Waals surface area contributed by atoms with Gasteiger partial charge in [-0.2, -0.15) is 8.42 Å². The number of nitrogens with zero attached hydrogens (tertiary/aromatic N) is 2. The Morgan fingerprint density at radius 3 is 2.74 bits per heavy atom. The normalized spacial score (nSPS) is 11.4. The molecule has 0 amide bonds. The smallest absolute Gasteiger partial charge is 0.296 e. The van der Waals surface area contributed by atoms with Gasteiger partial charge in [0.15, 0.2) is 5.13 Å². The van der Waals surface area contributed by atoms with Gasteiger partial charge in [0.2, 0.25) is 0 Å². The maximum absolute atomic E-state index is 11.4. The first kappa shape index (κ1) is 15.9. The highest BCUT2D eigenvalue weighted by Gasteiger charge is 2.15. The van der Waals surface area contributed by atoms with E-state index in [4.69, 9.17) is 11.6 Å². The third-order valence-corrected chi connectivity index (χ3v) is 4.81. The Morgan fingerprint density at radius 1 is 1.22 bits per heavy atom. The molecule has 118 valence electrons. The summed E-state index contributed by atoms with van der Waals surface area (Å²) >= 11 is 7.16. The van der Waals surface area contributed by atoms with Crippen LogP contribution < -0.4 is 5.32 Å². The van der Waals surface area contributed by atoms with Gasteiger partial charge in [-0.25, -0.2) is 9.97 Å². The second-order valence-corrected chi connectivity index (χ2v) is 7.14. The largest absolute Gasteiger partial charge is 0.330 e. The van der Waals surface area contributed by atoms with Crippen molar-refractivity contribution in [1.82, 2.24) is 9.97 Å². The first-order valence-electron chi connectivity index (χ1n) is 6.34. The summed E-state index contributed by atoms with van der Waals surface area (Å²) in [7, 11) is -4.32. The first-order valence-corrected chi connectivity index (χ1v) is 9.04. The number of thiazole rings is 1. The molecule has 9 heteroatoms. The van der Waals surface area contributed by atoms with Crippen molar-refractivity contribution in [2.24, 2.45) is 0 Å². The van der Waals surface area contributed by atoms with Crippen LogP contribution >= 0.6 is 22.9 Å². The van der Waals surface area contributed by atoms with Gasteiger partial charge < -0.3 is 5.32 Å². The summed E-state index contributed by atoms with van der Waals surface area (Å²) < 4.78 is 32.0. The highest BCUT2D eigenvalue weighted by atomic mass is 35.5. The molecule has 0 spiro atoms. The average Bonchev–Trinajstić information content (AvgIpc) is 2.95. The molecule has 23 heavy (non-hydrogen) atoms. The van der Waals surface area contributed by atoms with E-state index < -0.39 is 10.1 Å². The molecule has 0 fully saturated rings. The van der Waals surface area contributed by atoms with Gasteiger partial charge in [-0.05, 0) is 24.3 Å². The predicted molar refractivity (Wildman–Crippen MR) is 89.9 cm³/mol. The summed E-state index contributed by atoms with van der Waals surface area (Å²) in [6, 6.07) is 9.51. The number of nitrogens with one attached hydrogen (secondary N) is 1. The fourth-order valence-corrected chi connectivity index (χ4v) is 3.49. The lowest BCUT2D eigenvalue weighted by Gasteiger charge is -2.07. The van der Waals surface area contributed by atoms with E-state index in [-0.39, 0.29) is 10.6 Å². The summed E-state index contributed by atoms with van der Waals surface area (Å²) in [5.74, 6) is 0. The highest BCUT2D eigenvalue weighted by molar-refractivity contribution is 7.86. The minimum Gasteiger partial charge on any atom is -0.330 e. The number of rotatable bonds is 4. The first-order chi connectivity index (χ1) is 10.9. The second kappa shape index (κ2) is 6.25.